The minimum atomic E-state index is -1.37. The van der Waals surface area contributed by atoms with Crippen molar-refractivity contribution < 1.29 is 23.9 Å². The van der Waals surface area contributed by atoms with Crippen LogP contribution in [0.15, 0.2) is 18.2 Å². The molecule has 22 heavy (non-hydrogen) atoms. The van der Waals surface area contributed by atoms with Crippen molar-refractivity contribution in [3.63, 3.8) is 0 Å². The van der Waals surface area contributed by atoms with Gasteiger partial charge in [0.1, 0.15) is 5.82 Å². The van der Waals surface area contributed by atoms with E-state index in [1.165, 1.54) is 6.07 Å². The lowest BCUT2D eigenvalue weighted by atomic mass is 10.0. The number of fused-ring (bicyclic) bond motifs is 1. The number of benzene rings is 1. The SMILES string of the molecule is O=C1CCC(N2C(=O)c3ccc(F)cc3C2=O)C(O)N1CCl. The lowest BCUT2D eigenvalue weighted by Gasteiger charge is -2.39. The fraction of sp³-hybridized carbons (Fsp3) is 0.357. The van der Waals surface area contributed by atoms with Gasteiger partial charge in [0.05, 0.1) is 23.2 Å². The minimum Gasteiger partial charge on any atom is -0.371 e. The third-order valence-electron chi connectivity index (χ3n) is 3.98. The molecule has 0 radical (unpaired) electrons. The molecule has 1 fully saturated rings. The molecule has 0 aromatic heterocycles. The summed E-state index contributed by atoms with van der Waals surface area (Å²) >= 11 is 5.63. The molecule has 2 unspecified atom stereocenters. The van der Waals surface area contributed by atoms with Gasteiger partial charge in [-0.15, -0.1) is 11.6 Å². The van der Waals surface area contributed by atoms with Crippen molar-refractivity contribution in [2.45, 2.75) is 25.1 Å². The number of alkyl halides is 1. The van der Waals surface area contributed by atoms with Crippen LogP contribution < -0.4 is 0 Å². The molecule has 8 heteroatoms. The molecule has 2 aliphatic rings. The van der Waals surface area contributed by atoms with Gasteiger partial charge in [0.2, 0.25) is 5.91 Å². The second-order valence-corrected chi connectivity index (χ2v) is 5.41. The molecule has 6 nitrogen and oxygen atoms in total. The van der Waals surface area contributed by atoms with Gasteiger partial charge in [-0.3, -0.25) is 19.3 Å². The average molecular weight is 327 g/mol. The number of likely N-dealkylation sites (tertiary alicyclic amines) is 1. The van der Waals surface area contributed by atoms with Crippen LogP contribution in [0, 0.1) is 5.82 Å². The Morgan fingerprint density at radius 3 is 2.59 bits per heavy atom. The number of hydrogen-bond donors (Lipinski definition) is 1. The second kappa shape index (κ2) is 5.33. The first-order valence-corrected chi connectivity index (χ1v) is 7.20. The largest absolute Gasteiger partial charge is 0.371 e. The zero-order valence-corrected chi connectivity index (χ0v) is 12.1. The van der Waals surface area contributed by atoms with Crippen molar-refractivity contribution in [3.8, 4) is 0 Å². The average Bonchev–Trinajstić information content (AvgIpc) is 2.72. The molecule has 0 aliphatic carbocycles. The molecule has 2 aliphatic heterocycles. The number of hydrogen-bond acceptors (Lipinski definition) is 4. The van der Waals surface area contributed by atoms with E-state index < -0.39 is 29.9 Å². The van der Waals surface area contributed by atoms with E-state index in [-0.39, 0.29) is 35.9 Å². The molecule has 116 valence electrons. The first-order valence-electron chi connectivity index (χ1n) is 6.66. The summed E-state index contributed by atoms with van der Waals surface area (Å²) in [5.74, 6) is -2.25. The second-order valence-electron chi connectivity index (χ2n) is 5.17. The molecular formula is C14H12ClFN2O4. The highest BCUT2D eigenvalue weighted by atomic mass is 35.5. The summed E-state index contributed by atoms with van der Waals surface area (Å²) in [5.41, 5.74) is 0.0550. The zero-order valence-electron chi connectivity index (χ0n) is 11.3. The van der Waals surface area contributed by atoms with Gasteiger partial charge in [0.15, 0.2) is 6.23 Å². The fourth-order valence-corrected chi connectivity index (χ4v) is 3.13. The maximum Gasteiger partial charge on any atom is 0.262 e. The monoisotopic (exact) mass is 326 g/mol. The summed E-state index contributed by atoms with van der Waals surface area (Å²) < 4.78 is 13.3. The summed E-state index contributed by atoms with van der Waals surface area (Å²) in [6, 6.07) is 2.19. The Hall–Kier alpha value is -1.99. The first kappa shape index (κ1) is 14.9. The lowest BCUT2D eigenvalue weighted by molar-refractivity contribution is -0.150. The first-order chi connectivity index (χ1) is 10.5. The van der Waals surface area contributed by atoms with E-state index in [4.69, 9.17) is 11.6 Å². The van der Waals surface area contributed by atoms with Gasteiger partial charge in [-0.25, -0.2) is 4.39 Å². The molecule has 3 rings (SSSR count). The Labute approximate surface area is 130 Å². The van der Waals surface area contributed by atoms with Crippen LogP contribution in [-0.4, -0.2) is 50.9 Å². The Morgan fingerprint density at radius 1 is 1.23 bits per heavy atom. The maximum absolute atomic E-state index is 13.3. The predicted molar refractivity (Wildman–Crippen MR) is 73.5 cm³/mol. The Bertz CT molecular complexity index is 681. The molecule has 1 N–H and O–H groups in total. The van der Waals surface area contributed by atoms with Crippen molar-refractivity contribution >= 4 is 29.3 Å². The van der Waals surface area contributed by atoms with E-state index in [1.807, 2.05) is 0 Å². The highest BCUT2D eigenvalue weighted by Gasteiger charge is 2.46. The molecule has 1 aromatic rings. The summed E-state index contributed by atoms with van der Waals surface area (Å²) in [7, 11) is 0. The van der Waals surface area contributed by atoms with Crippen LogP contribution in [0.1, 0.15) is 33.6 Å². The van der Waals surface area contributed by atoms with Crippen LogP contribution in [0.3, 0.4) is 0 Å². The normalized spacial score (nSPS) is 25.0. The van der Waals surface area contributed by atoms with E-state index in [9.17, 15) is 23.9 Å². The van der Waals surface area contributed by atoms with E-state index in [2.05, 4.69) is 0 Å². The molecule has 3 amide bonds. The van der Waals surface area contributed by atoms with E-state index in [0.29, 0.717) is 0 Å². The van der Waals surface area contributed by atoms with Gasteiger partial charge in [-0.05, 0) is 24.6 Å². The van der Waals surface area contributed by atoms with Crippen molar-refractivity contribution in [3.05, 3.63) is 35.1 Å². The number of halogens is 2. The predicted octanol–water partition coefficient (Wildman–Crippen LogP) is 0.927. The molecule has 1 aromatic carbocycles. The number of nitrogens with zero attached hydrogens (tertiary/aromatic N) is 2. The van der Waals surface area contributed by atoms with Crippen LogP contribution in [0.25, 0.3) is 0 Å². The summed E-state index contributed by atoms with van der Waals surface area (Å²) in [4.78, 5) is 38.3. The summed E-state index contributed by atoms with van der Waals surface area (Å²) in [5, 5.41) is 10.2. The molecule has 1 saturated heterocycles. The number of imide groups is 1. The standard InChI is InChI=1S/C14H12ClFN2O4/c15-6-17-11(19)4-3-10(14(17)22)18-12(20)8-2-1-7(16)5-9(8)13(18)21/h1-2,5,10,14,22H,3-4,6H2. The minimum absolute atomic E-state index is 0.0356. The van der Waals surface area contributed by atoms with E-state index in [1.54, 1.807) is 0 Å². The third kappa shape index (κ3) is 2.08. The van der Waals surface area contributed by atoms with Crippen LogP contribution in [0.2, 0.25) is 0 Å². The van der Waals surface area contributed by atoms with Gasteiger partial charge in [-0.1, -0.05) is 0 Å². The smallest absolute Gasteiger partial charge is 0.262 e. The topological polar surface area (TPSA) is 77.9 Å². The molecule has 2 atom stereocenters. The fourth-order valence-electron chi connectivity index (χ4n) is 2.85. The van der Waals surface area contributed by atoms with E-state index >= 15 is 0 Å². The van der Waals surface area contributed by atoms with Gasteiger partial charge < -0.3 is 10.0 Å². The zero-order chi connectivity index (χ0) is 16.0. The Kier molecular flexibility index (Phi) is 3.62. The molecule has 0 bridgehead atoms. The van der Waals surface area contributed by atoms with Gasteiger partial charge in [0.25, 0.3) is 11.8 Å². The number of aliphatic hydroxyl groups excluding tert-OH is 1. The van der Waals surface area contributed by atoms with Crippen molar-refractivity contribution in [2.24, 2.45) is 0 Å². The van der Waals surface area contributed by atoms with Crippen molar-refractivity contribution in [1.82, 2.24) is 9.80 Å². The molecule has 0 saturated carbocycles. The maximum atomic E-state index is 13.3. The molecule has 0 spiro atoms. The quantitative estimate of drug-likeness (QED) is 0.498. The molecule has 2 heterocycles. The van der Waals surface area contributed by atoms with Crippen LogP contribution in [-0.2, 0) is 4.79 Å². The number of rotatable bonds is 2. The number of aliphatic hydroxyl groups is 1. The summed E-state index contributed by atoms with van der Waals surface area (Å²) in [6.45, 7) is 0. The Balaban J connectivity index is 1.95. The van der Waals surface area contributed by atoms with E-state index in [0.717, 1.165) is 21.9 Å². The highest BCUT2D eigenvalue weighted by molar-refractivity contribution is 6.21. The van der Waals surface area contributed by atoms with Gasteiger partial charge in [0, 0.05) is 6.42 Å². The van der Waals surface area contributed by atoms with Crippen molar-refractivity contribution in [1.29, 1.82) is 0 Å². The number of carbonyl (C=O) groups excluding carboxylic acids is 3. The Morgan fingerprint density at radius 2 is 1.91 bits per heavy atom. The van der Waals surface area contributed by atoms with Gasteiger partial charge in [-0.2, -0.15) is 0 Å². The number of carbonyl (C=O) groups is 3. The van der Waals surface area contributed by atoms with Crippen LogP contribution in [0.4, 0.5) is 4.39 Å². The third-order valence-corrected chi connectivity index (χ3v) is 4.24. The van der Waals surface area contributed by atoms with Crippen LogP contribution >= 0.6 is 11.6 Å². The lowest BCUT2D eigenvalue weighted by Crippen LogP contribution is -2.58. The summed E-state index contributed by atoms with van der Waals surface area (Å²) in [6.07, 6.45) is -1.16. The number of amides is 3. The number of piperidine rings is 1. The van der Waals surface area contributed by atoms with Crippen molar-refractivity contribution in [2.75, 3.05) is 6.00 Å². The van der Waals surface area contributed by atoms with Gasteiger partial charge >= 0.3 is 0 Å². The molecular weight excluding hydrogens is 315 g/mol. The highest BCUT2D eigenvalue weighted by Crippen LogP contribution is 2.31. The van der Waals surface area contributed by atoms with Crippen LogP contribution in [0.5, 0.6) is 0 Å².